The van der Waals surface area contributed by atoms with E-state index in [4.69, 9.17) is 0 Å². The molecule has 0 saturated heterocycles. The number of rotatable bonds is 0. The molecular formula is C6H5NaO3. The van der Waals surface area contributed by atoms with E-state index in [1.54, 1.807) is 6.92 Å². The summed E-state index contributed by atoms with van der Waals surface area (Å²) in [5.74, 6) is -0.583. The third kappa shape index (κ3) is 2.56. The van der Waals surface area contributed by atoms with Crippen LogP contribution < -0.4 is 40.3 Å². The number of hydrogen-bond donors (Lipinski definition) is 0. The summed E-state index contributed by atoms with van der Waals surface area (Å²) in [7, 11) is 0. The Morgan fingerprint density at radius 2 is 2.10 bits per heavy atom. The summed E-state index contributed by atoms with van der Waals surface area (Å²) in [4.78, 5) is 10.3. The van der Waals surface area contributed by atoms with Gasteiger partial charge in [-0.2, -0.15) is 0 Å². The Bertz CT molecular complexity index is 243. The summed E-state index contributed by atoms with van der Waals surface area (Å²) in [6, 6.07) is 2.53. The zero-order valence-corrected chi connectivity index (χ0v) is 7.88. The second kappa shape index (κ2) is 3.81. The van der Waals surface area contributed by atoms with E-state index in [1.165, 1.54) is 12.1 Å². The van der Waals surface area contributed by atoms with Gasteiger partial charge in [-0.1, -0.05) is 0 Å². The molecule has 1 heterocycles. The van der Waals surface area contributed by atoms with Crippen molar-refractivity contribution in [2.45, 2.75) is 6.92 Å². The Balaban J connectivity index is 0.000000810. The first-order chi connectivity index (χ1) is 4.18. The third-order valence-corrected chi connectivity index (χ3v) is 0.892. The van der Waals surface area contributed by atoms with Crippen molar-refractivity contribution in [2.75, 3.05) is 0 Å². The van der Waals surface area contributed by atoms with Gasteiger partial charge in [-0.25, -0.2) is 0 Å². The third-order valence-electron chi connectivity index (χ3n) is 0.892. The maximum absolute atomic E-state index is 10.3. The van der Waals surface area contributed by atoms with E-state index >= 15 is 0 Å². The molecule has 1 aromatic rings. The van der Waals surface area contributed by atoms with Crippen molar-refractivity contribution >= 4 is 0 Å². The van der Waals surface area contributed by atoms with Crippen molar-refractivity contribution in [3.05, 3.63) is 28.1 Å². The quantitative estimate of drug-likeness (QED) is 0.369. The molecule has 0 N–H and O–H groups in total. The Labute approximate surface area is 80.0 Å². The summed E-state index contributed by atoms with van der Waals surface area (Å²) in [5.41, 5.74) is 0.0521. The van der Waals surface area contributed by atoms with Crippen LogP contribution in [0.5, 0.6) is 5.95 Å². The van der Waals surface area contributed by atoms with Gasteiger partial charge in [0.05, 0.1) is 5.95 Å². The van der Waals surface area contributed by atoms with Crippen LogP contribution in [-0.4, -0.2) is 0 Å². The van der Waals surface area contributed by atoms with Gasteiger partial charge in [-0.15, -0.1) is 0 Å². The second-order valence-corrected chi connectivity index (χ2v) is 1.77. The number of aryl methyl sites for hydroxylation is 1. The summed E-state index contributed by atoms with van der Waals surface area (Å²) in [5, 5.41) is 10.3. The Kier molecular flexibility index (Phi) is 3.71. The van der Waals surface area contributed by atoms with E-state index in [0.29, 0.717) is 5.56 Å². The largest absolute Gasteiger partial charge is 1.00 e. The molecule has 48 valence electrons. The monoisotopic (exact) mass is 148 g/mol. The minimum absolute atomic E-state index is 0. The van der Waals surface area contributed by atoms with Crippen LogP contribution in [0.25, 0.3) is 0 Å². The molecule has 0 amide bonds. The summed E-state index contributed by atoms with van der Waals surface area (Å²) in [6.45, 7) is 1.66. The first kappa shape index (κ1) is 9.75. The van der Waals surface area contributed by atoms with Crippen LogP contribution in [0.2, 0.25) is 0 Å². The topological polar surface area (TPSA) is 53.3 Å². The van der Waals surface area contributed by atoms with Crippen LogP contribution in [0.4, 0.5) is 0 Å². The standard InChI is InChI=1S/C6H6O3.Na/c1-4-2-5(7)9-6(8)3-4;/h2-3,7H,1H3;/q;+1/p-1. The van der Waals surface area contributed by atoms with Gasteiger partial charge in [0, 0.05) is 0 Å². The molecule has 3 nitrogen and oxygen atoms in total. The minimum atomic E-state index is -0.583. The van der Waals surface area contributed by atoms with Crippen LogP contribution in [0.1, 0.15) is 5.56 Å². The molecule has 0 unspecified atom stereocenters. The Hall–Kier alpha value is -0.250. The molecule has 0 aliphatic carbocycles. The molecule has 0 atom stereocenters. The molecule has 1 rings (SSSR count). The van der Waals surface area contributed by atoms with Gasteiger partial charge in [0.2, 0.25) is 5.63 Å². The normalized spacial score (nSPS) is 8.50. The van der Waals surface area contributed by atoms with Crippen molar-refractivity contribution < 1.29 is 39.1 Å². The fourth-order valence-corrected chi connectivity index (χ4v) is 0.572. The van der Waals surface area contributed by atoms with E-state index in [0.717, 1.165) is 0 Å². The average molecular weight is 148 g/mol. The maximum atomic E-state index is 10.3. The molecule has 4 heteroatoms. The van der Waals surface area contributed by atoms with E-state index in [9.17, 15) is 9.90 Å². The molecule has 0 aromatic carbocycles. The second-order valence-electron chi connectivity index (χ2n) is 1.77. The van der Waals surface area contributed by atoms with Gasteiger partial charge in [0.1, 0.15) is 0 Å². The van der Waals surface area contributed by atoms with Gasteiger partial charge in [0.15, 0.2) is 0 Å². The zero-order chi connectivity index (χ0) is 6.85. The van der Waals surface area contributed by atoms with Crippen molar-refractivity contribution in [2.24, 2.45) is 0 Å². The van der Waals surface area contributed by atoms with E-state index in [-0.39, 0.29) is 29.6 Å². The van der Waals surface area contributed by atoms with Crippen LogP contribution in [0, 0.1) is 6.92 Å². The fraction of sp³-hybridized carbons (Fsp3) is 0.167. The molecular weight excluding hydrogens is 143 g/mol. The molecule has 10 heavy (non-hydrogen) atoms. The summed E-state index contributed by atoms with van der Waals surface area (Å²) >= 11 is 0. The van der Waals surface area contributed by atoms with Gasteiger partial charge < -0.3 is 9.52 Å². The molecule has 0 bridgehead atoms. The average Bonchev–Trinajstić information content (AvgIpc) is 1.59. The SMILES string of the molecule is Cc1cc([O-])oc(=O)c1.[Na+]. The predicted octanol–water partition coefficient (Wildman–Crippen LogP) is -2.97. The maximum Gasteiger partial charge on any atom is 1.00 e. The van der Waals surface area contributed by atoms with Crippen LogP contribution in [0.3, 0.4) is 0 Å². The number of hydrogen-bond acceptors (Lipinski definition) is 3. The molecule has 0 spiro atoms. The molecule has 0 saturated carbocycles. The fourth-order valence-electron chi connectivity index (χ4n) is 0.572. The smallest absolute Gasteiger partial charge is 0.550 e. The van der Waals surface area contributed by atoms with Crippen molar-refractivity contribution in [3.8, 4) is 5.95 Å². The van der Waals surface area contributed by atoms with Gasteiger partial charge in [-0.3, -0.25) is 4.79 Å². The zero-order valence-electron chi connectivity index (χ0n) is 5.88. The van der Waals surface area contributed by atoms with Gasteiger partial charge in [-0.05, 0) is 24.6 Å². The van der Waals surface area contributed by atoms with E-state index in [1.807, 2.05) is 0 Å². The van der Waals surface area contributed by atoms with E-state index in [2.05, 4.69) is 4.42 Å². The van der Waals surface area contributed by atoms with Gasteiger partial charge >= 0.3 is 29.6 Å². The van der Waals surface area contributed by atoms with Crippen LogP contribution >= 0.6 is 0 Å². The molecule has 0 aliphatic heterocycles. The van der Waals surface area contributed by atoms with Gasteiger partial charge in [0.25, 0.3) is 0 Å². The van der Waals surface area contributed by atoms with Crippen molar-refractivity contribution in [1.82, 2.24) is 0 Å². The van der Waals surface area contributed by atoms with Crippen molar-refractivity contribution in [3.63, 3.8) is 0 Å². The molecule has 0 fully saturated rings. The van der Waals surface area contributed by atoms with Crippen molar-refractivity contribution in [1.29, 1.82) is 0 Å². The van der Waals surface area contributed by atoms with Crippen LogP contribution in [-0.2, 0) is 0 Å². The molecule has 0 aliphatic rings. The minimum Gasteiger partial charge on any atom is -0.550 e. The summed E-state index contributed by atoms with van der Waals surface area (Å²) in [6.07, 6.45) is 0. The molecule has 0 radical (unpaired) electrons. The van der Waals surface area contributed by atoms with Crippen LogP contribution in [0.15, 0.2) is 21.3 Å². The first-order valence-electron chi connectivity index (χ1n) is 2.47. The molecule has 1 aromatic heterocycles. The van der Waals surface area contributed by atoms with E-state index < -0.39 is 11.6 Å². The first-order valence-corrected chi connectivity index (χ1v) is 2.47. The Morgan fingerprint density at radius 1 is 1.50 bits per heavy atom. The summed E-state index contributed by atoms with van der Waals surface area (Å²) < 4.78 is 4.15. The Morgan fingerprint density at radius 3 is 2.50 bits per heavy atom. The predicted molar refractivity (Wildman–Crippen MR) is 29.2 cm³/mol.